The zero-order valence-electron chi connectivity index (χ0n) is 15.0. The fourth-order valence-corrected chi connectivity index (χ4v) is 3.23. The van der Waals surface area contributed by atoms with E-state index in [0.717, 1.165) is 5.56 Å². The molecule has 0 saturated heterocycles. The molecule has 1 aliphatic carbocycles. The van der Waals surface area contributed by atoms with E-state index in [9.17, 15) is 10.1 Å². The van der Waals surface area contributed by atoms with Crippen molar-refractivity contribution in [1.29, 1.82) is 0 Å². The van der Waals surface area contributed by atoms with Crippen molar-refractivity contribution in [2.75, 3.05) is 0 Å². The summed E-state index contributed by atoms with van der Waals surface area (Å²) < 4.78 is 11.9. The van der Waals surface area contributed by atoms with E-state index in [4.69, 9.17) is 14.4 Å². The highest BCUT2D eigenvalue weighted by Crippen LogP contribution is 2.45. The van der Waals surface area contributed by atoms with E-state index in [1.807, 2.05) is 55.5 Å². The number of ether oxygens (including phenoxy) is 2. The van der Waals surface area contributed by atoms with Gasteiger partial charge >= 0.3 is 5.97 Å². The summed E-state index contributed by atoms with van der Waals surface area (Å²) in [7, 11) is 0. The fraction of sp³-hybridized carbons (Fsp3) is 0.286. The van der Waals surface area contributed by atoms with Crippen LogP contribution in [0.1, 0.15) is 43.6 Å². The molecule has 0 radical (unpaired) electrons. The molecule has 2 unspecified atom stereocenters. The molecular formula is C21H22O5. The largest absolute Gasteiger partial charge is 0.425 e. The minimum Gasteiger partial charge on any atom is -0.425 e. The summed E-state index contributed by atoms with van der Waals surface area (Å²) in [5.41, 5.74) is 1.17. The van der Waals surface area contributed by atoms with E-state index in [2.05, 4.69) is 0 Å². The van der Waals surface area contributed by atoms with Crippen molar-refractivity contribution in [3.05, 3.63) is 83.4 Å². The van der Waals surface area contributed by atoms with E-state index in [1.165, 1.54) is 6.92 Å². The van der Waals surface area contributed by atoms with Gasteiger partial charge in [-0.1, -0.05) is 54.6 Å². The summed E-state index contributed by atoms with van der Waals surface area (Å²) in [6, 6.07) is 16.9. The second-order valence-electron chi connectivity index (χ2n) is 6.51. The minimum absolute atomic E-state index is 0.340. The van der Waals surface area contributed by atoms with E-state index >= 15 is 0 Å². The maximum atomic E-state index is 11.9. The molecule has 0 heterocycles. The highest BCUT2D eigenvalue weighted by atomic mass is 17.1. The monoisotopic (exact) mass is 354 g/mol. The molecule has 2 aromatic rings. The van der Waals surface area contributed by atoms with Gasteiger partial charge in [0.15, 0.2) is 0 Å². The Morgan fingerprint density at radius 3 is 2.23 bits per heavy atom. The van der Waals surface area contributed by atoms with Crippen LogP contribution < -0.4 is 0 Å². The molecule has 0 spiro atoms. The first-order valence-electron chi connectivity index (χ1n) is 8.45. The van der Waals surface area contributed by atoms with Gasteiger partial charge in [0.25, 0.3) is 5.79 Å². The minimum atomic E-state index is -1.41. The van der Waals surface area contributed by atoms with Gasteiger partial charge in [0.1, 0.15) is 5.60 Å². The molecule has 3 rings (SSSR count). The highest BCUT2D eigenvalue weighted by molar-refractivity contribution is 5.67. The number of rotatable bonds is 5. The zero-order chi connectivity index (χ0) is 18.8. The number of fused-ring (bicyclic) bond motifs is 1. The first kappa shape index (κ1) is 18.3. The Morgan fingerprint density at radius 1 is 1.00 bits per heavy atom. The number of benzene rings is 2. The van der Waals surface area contributed by atoms with Crippen molar-refractivity contribution in [3.8, 4) is 0 Å². The average molecular weight is 354 g/mol. The van der Waals surface area contributed by atoms with Gasteiger partial charge in [-0.2, -0.15) is 0 Å². The lowest BCUT2D eigenvalue weighted by Crippen LogP contribution is -2.41. The van der Waals surface area contributed by atoms with Crippen LogP contribution in [-0.4, -0.2) is 11.2 Å². The Kier molecular flexibility index (Phi) is 4.96. The molecule has 1 N–H and O–H groups in total. The fourth-order valence-electron chi connectivity index (χ4n) is 3.23. The van der Waals surface area contributed by atoms with Gasteiger partial charge in [-0.25, -0.2) is 4.89 Å². The predicted octanol–water partition coefficient (Wildman–Crippen LogP) is 4.45. The van der Waals surface area contributed by atoms with Crippen LogP contribution in [0.25, 0.3) is 0 Å². The van der Waals surface area contributed by atoms with Gasteiger partial charge in [0, 0.05) is 18.1 Å². The zero-order valence-corrected chi connectivity index (χ0v) is 15.0. The molecule has 2 aromatic carbocycles. The first-order chi connectivity index (χ1) is 12.4. The maximum absolute atomic E-state index is 11.9. The number of esters is 1. The van der Waals surface area contributed by atoms with E-state index in [0.29, 0.717) is 11.1 Å². The normalized spacial score (nSPS) is 25.4. The maximum Gasteiger partial charge on any atom is 0.305 e. The summed E-state index contributed by atoms with van der Waals surface area (Å²) in [6.45, 7) is 4.96. The standard InChI is InChI=1S/C21H22O5/c1-15(17-9-5-4-6-10-17)24-21(25-16(2)22)14-13-20(3,26-23)18-11-7-8-12-19(18)21/h4-15,23H,1-3H3/t15-,20?,21?/m0/s1. The Labute approximate surface area is 152 Å². The Morgan fingerprint density at radius 2 is 1.62 bits per heavy atom. The summed E-state index contributed by atoms with van der Waals surface area (Å²) in [4.78, 5) is 16.6. The van der Waals surface area contributed by atoms with Crippen LogP contribution in [0.5, 0.6) is 0 Å². The smallest absolute Gasteiger partial charge is 0.305 e. The predicted molar refractivity (Wildman–Crippen MR) is 96.0 cm³/mol. The molecule has 26 heavy (non-hydrogen) atoms. The Hall–Kier alpha value is -2.47. The van der Waals surface area contributed by atoms with Crippen LogP contribution in [0.3, 0.4) is 0 Å². The summed E-state index contributed by atoms with van der Waals surface area (Å²) in [5, 5.41) is 9.41. The van der Waals surface area contributed by atoms with Crippen LogP contribution in [0.2, 0.25) is 0 Å². The van der Waals surface area contributed by atoms with Gasteiger partial charge in [0.2, 0.25) is 0 Å². The molecule has 136 valence electrons. The van der Waals surface area contributed by atoms with Crippen LogP contribution in [0, 0.1) is 0 Å². The van der Waals surface area contributed by atoms with Crippen LogP contribution >= 0.6 is 0 Å². The Balaban J connectivity index is 2.09. The van der Waals surface area contributed by atoms with E-state index in [1.54, 1.807) is 25.1 Å². The molecule has 5 heteroatoms. The van der Waals surface area contributed by atoms with Crippen molar-refractivity contribution in [2.45, 2.75) is 38.3 Å². The molecule has 0 aliphatic heterocycles. The summed E-state index contributed by atoms with van der Waals surface area (Å²) in [6.07, 6.45) is 2.91. The van der Waals surface area contributed by atoms with Crippen molar-refractivity contribution >= 4 is 5.97 Å². The second-order valence-corrected chi connectivity index (χ2v) is 6.51. The lowest BCUT2D eigenvalue weighted by atomic mass is 9.82. The van der Waals surface area contributed by atoms with Crippen LogP contribution in [0.15, 0.2) is 66.7 Å². The van der Waals surface area contributed by atoms with Gasteiger partial charge in [-0.15, -0.1) is 0 Å². The molecule has 0 saturated carbocycles. The van der Waals surface area contributed by atoms with Gasteiger partial charge < -0.3 is 9.47 Å². The molecule has 0 fully saturated rings. The van der Waals surface area contributed by atoms with Crippen LogP contribution in [0.4, 0.5) is 0 Å². The van der Waals surface area contributed by atoms with E-state index in [-0.39, 0.29) is 6.10 Å². The topological polar surface area (TPSA) is 65.0 Å². The molecule has 1 aliphatic rings. The van der Waals surface area contributed by atoms with Crippen molar-refractivity contribution < 1.29 is 24.4 Å². The summed E-state index contributed by atoms with van der Waals surface area (Å²) >= 11 is 0. The van der Waals surface area contributed by atoms with Gasteiger partial charge in [0.05, 0.1) is 6.10 Å². The molecule has 0 bridgehead atoms. The third-order valence-electron chi connectivity index (χ3n) is 4.56. The van der Waals surface area contributed by atoms with E-state index < -0.39 is 17.4 Å². The second kappa shape index (κ2) is 7.03. The third kappa shape index (κ3) is 3.29. The number of carbonyl (C=O) groups is 1. The number of carbonyl (C=O) groups excluding carboxylic acids is 1. The number of hydrogen-bond acceptors (Lipinski definition) is 5. The Bertz CT molecular complexity index is 816. The molecule has 0 aromatic heterocycles. The third-order valence-corrected chi connectivity index (χ3v) is 4.56. The molecule has 3 atom stereocenters. The quantitative estimate of drug-likeness (QED) is 0.282. The lowest BCUT2D eigenvalue weighted by molar-refractivity contribution is -0.311. The summed E-state index contributed by atoms with van der Waals surface area (Å²) in [5.74, 6) is -1.88. The molecular weight excluding hydrogens is 332 g/mol. The molecule has 0 amide bonds. The van der Waals surface area contributed by atoms with Crippen molar-refractivity contribution in [3.63, 3.8) is 0 Å². The first-order valence-corrected chi connectivity index (χ1v) is 8.45. The van der Waals surface area contributed by atoms with Gasteiger partial charge in [-0.05, 0) is 31.6 Å². The van der Waals surface area contributed by atoms with Crippen molar-refractivity contribution in [2.24, 2.45) is 0 Å². The SMILES string of the molecule is CC(=O)OC1(O[C@@H](C)c2ccccc2)C=CC(C)(OO)c2ccccc21. The molecule has 5 nitrogen and oxygen atoms in total. The number of hydrogen-bond donors (Lipinski definition) is 1. The van der Waals surface area contributed by atoms with Crippen molar-refractivity contribution in [1.82, 2.24) is 0 Å². The van der Waals surface area contributed by atoms with Crippen LogP contribution in [-0.2, 0) is 30.5 Å². The van der Waals surface area contributed by atoms with Gasteiger partial charge in [-0.3, -0.25) is 10.1 Å². The highest BCUT2D eigenvalue weighted by Gasteiger charge is 2.46. The average Bonchev–Trinajstić information content (AvgIpc) is 2.65. The lowest BCUT2D eigenvalue weighted by Gasteiger charge is -2.40.